The molecule has 2 rings (SSSR count). The van der Waals surface area contributed by atoms with E-state index in [2.05, 4.69) is 10.5 Å². The van der Waals surface area contributed by atoms with Crippen LogP contribution in [-0.4, -0.2) is 28.0 Å². The number of benzene rings is 1. The van der Waals surface area contributed by atoms with Gasteiger partial charge in [0.05, 0.1) is 17.5 Å². The first-order valence-corrected chi connectivity index (χ1v) is 7.04. The lowest BCUT2D eigenvalue weighted by atomic mass is 10.2. The summed E-state index contributed by atoms with van der Waals surface area (Å²) in [6, 6.07) is 7.81. The number of aromatic nitrogens is 1. The van der Waals surface area contributed by atoms with Crippen molar-refractivity contribution >= 4 is 17.9 Å². The Morgan fingerprint density at radius 1 is 1.33 bits per heavy atom. The summed E-state index contributed by atoms with van der Waals surface area (Å²) in [5.41, 5.74) is 4.38. The standard InChI is InChI=1S/C16H16F3N3O2/c1-10-7-12(11(2)22(10)9-16(17,18)19)8-20-21-14-6-4-3-5-13(14)15(23)24/h3-8,21H,9H2,1-2H3,(H,23,24)/b20-8-. The van der Waals surface area contributed by atoms with Crippen LogP contribution in [-0.2, 0) is 6.54 Å². The predicted molar refractivity (Wildman–Crippen MR) is 84.6 cm³/mol. The van der Waals surface area contributed by atoms with Crippen LogP contribution < -0.4 is 5.43 Å². The van der Waals surface area contributed by atoms with E-state index in [0.29, 0.717) is 22.6 Å². The van der Waals surface area contributed by atoms with Gasteiger partial charge >= 0.3 is 12.1 Å². The fourth-order valence-electron chi connectivity index (χ4n) is 2.32. The molecule has 8 heteroatoms. The van der Waals surface area contributed by atoms with Crippen LogP contribution in [0, 0.1) is 13.8 Å². The summed E-state index contributed by atoms with van der Waals surface area (Å²) in [4.78, 5) is 11.1. The van der Waals surface area contributed by atoms with Gasteiger partial charge in [-0.1, -0.05) is 12.1 Å². The van der Waals surface area contributed by atoms with Gasteiger partial charge in [0.2, 0.25) is 0 Å². The molecule has 0 spiro atoms. The van der Waals surface area contributed by atoms with Crippen molar-refractivity contribution in [2.45, 2.75) is 26.6 Å². The van der Waals surface area contributed by atoms with E-state index in [0.717, 1.165) is 4.57 Å². The van der Waals surface area contributed by atoms with E-state index in [1.165, 1.54) is 12.3 Å². The second kappa shape index (κ2) is 6.77. The van der Waals surface area contributed by atoms with Gasteiger partial charge in [0.1, 0.15) is 6.54 Å². The molecule has 1 aromatic heterocycles. The first-order valence-electron chi connectivity index (χ1n) is 7.04. The number of alkyl halides is 3. The number of aryl methyl sites for hydroxylation is 1. The van der Waals surface area contributed by atoms with E-state index in [1.54, 1.807) is 38.1 Å². The van der Waals surface area contributed by atoms with E-state index in [9.17, 15) is 18.0 Å². The molecular weight excluding hydrogens is 323 g/mol. The highest BCUT2D eigenvalue weighted by Crippen LogP contribution is 2.22. The molecule has 0 unspecified atom stereocenters. The molecule has 0 aliphatic rings. The van der Waals surface area contributed by atoms with Gasteiger partial charge in [-0.3, -0.25) is 5.43 Å². The number of para-hydroxylation sites is 1. The molecule has 2 N–H and O–H groups in total. The van der Waals surface area contributed by atoms with Gasteiger partial charge in [-0.2, -0.15) is 18.3 Å². The molecule has 24 heavy (non-hydrogen) atoms. The lowest BCUT2D eigenvalue weighted by Gasteiger charge is -2.12. The molecule has 0 saturated carbocycles. The fourth-order valence-corrected chi connectivity index (χ4v) is 2.32. The largest absolute Gasteiger partial charge is 0.478 e. The van der Waals surface area contributed by atoms with Gasteiger partial charge < -0.3 is 9.67 Å². The summed E-state index contributed by atoms with van der Waals surface area (Å²) < 4.78 is 38.9. The third-order valence-electron chi connectivity index (χ3n) is 3.50. The quantitative estimate of drug-likeness (QED) is 0.643. The highest BCUT2D eigenvalue weighted by atomic mass is 19.4. The van der Waals surface area contributed by atoms with E-state index in [1.807, 2.05) is 0 Å². The van der Waals surface area contributed by atoms with Crippen molar-refractivity contribution in [3.63, 3.8) is 0 Å². The third kappa shape index (κ3) is 4.15. The number of carboxylic acid groups (broad SMARTS) is 1. The maximum atomic E-state index is 12.6. The molecule has 1 aromatic carbocycles. The molecule has 0 radical (unpaired) electrons. The minimum Gasteiger partial charge on any atom is -0.478 e. The summed E-state index contributed by atoms with van der Waals surface area (Å²) in [7, 11) is 0. The molecule has 0 atom stereocenters. The maximum absolute atomic E-state index is 12.6. The lowest BCUT2D eigenvalue weighted by molar-refractivity contribution is -0.141. The van der Waals surface area contributed by atoms with Gasteiger partial charge in [0, 0.05) is 17.0 Å². The molecule has 0 saturated heterocycles. The van der Waals surface area contributed by atoms with Crippen LogP contribution in [0.15, 0.2) is 35.4 Å². The van der Waals surface area contributed by atoms with Gasteiger partial charge in [-0.05, 0) is 32.0 Å². The Morgan fingerprint density at radius 3 is 2.62 bits per heavy atom. The topological polar surface area (TPSA) is 66.6 Å². The smallest absolute Gasteiger partial charge is 0.406 e. The number of hydrogen-bond donors (Lipinski definition) is 2. The van der Waals surface area contributed by atoms with Crippen molar-refractivity contribution < 1.29 is 23.1 Å². The highest BCUT2D eigenvalue weighted by Gasteiger charge is 2.29. The molecule has 1 heterocycles. The summed E-state index contributed by atoms with van der Waals surface area (Å²) in [5.74, 6) is -1.10. The minimum absolute atomic E-state index is 0.0530. The molecule has 128 valence electrons. The molecule has 0 aliphatic carbocycles. The molecule has 2 aromatic rings. The molecular formula is C16H16F3N3O2. The predicted octanol–water partition coefficient (Wildman–Crippen LogP) is 3.81. The number of rotatable bonds is 5. The van der Waals surface area contributed by atoms with Crippen LogP contribution in [0.5, 0.6) is 0 Å². The van der Waals surface area contributed by atoms with Crippen molar-refractivity contribution in [1.29, 1.82) is 0 Å². The van der Waals surface area contributed by atoms with Crippen LogP contribution in [0.25, 0.3) is 0 Å². The summed E-state index contributed by atoms with van der Waals surface area (Å²) >= 11 is 0. The second-order valence-electron chi connectivity index (χ2n) is 5.25. The van der Waals surface area contributed by atoms with Crippen molar-refractivity contribution in [1.82, 2.24) is 4.57 Å². The minimum atomic E-state index is -4.30. The van der Waals surface area contributed by atoms with Crippen molar-refractivity contribution in [2.24, 2.45) is 5.10 Å². The van der Waals surface area contributed by atoms with Gasteiger partial charge in [-0.25, -0.2) is 4.79 Å². The molecule has 0 amide bonds. The number of anilines is 1. The van der Waals surface area contributed by atoms with Crippen molar-refractivity contribution in [3.05, 3.63) is 52.8 Å². The molecule has 0 fully saturated rings. The molecule has 5 nitrogen and oxygen atoms in total. The zero-order chi connectivity index (χ0) is 17.9. The monoisotopic (exact) mass is 339 g/mol. The van der Waals surface area contributed by atoms with Crippen molar-refractivity contribution in [2.75, 3.05) is 5.43 Å². The third-order valence-corrected chi connectivity index (χ3v) is 3.50. The Bertz CT molecular complexity index is 779. The second-order valence-corrected chi connectivity index (χ2v) is 5.25. The molecule has 0 aliphatic heterocycles. The zero-order valence-electron chi connectivity index (χ0n) is 13.1. The van der Waals surface area contributed by atoms with Crippen LogP contribution in [0.1, 0.15) is 27.3 Å². The van der Waals surface area contributed by atoms with Gasteiger partial charge in [0.15, 0.2) is 0 Å². The normalized spacial score (nSPS) is 11.9. The number of carboxylic acids is 1. The average Bonchev–Trinajstić information content (AvgIpc) is 2.74. The van der Waals surface area contributed by atoms with Crippen LogP contribution >= 0.6 is 0 Å². The number of nitrogens with one attached hydrogen (secondary N) is 1. The van der Waals surface area contributed by atoms with Crippen molar-refractivity contribution in [3.8, 4) is 0 Å². The number of carbonyl (C=O) groups is 1. The van der Waals surface area contributed by atoms with Gasteiger partial charge in [-0.15, -0.1) is 0 Å². The Balaban J connectivity index is 2.19. The lowest BCUT2D eigenvalue weighted by Crippen LogP contribution is -2.19. The van der Waals surface area contributed by atoms with E-state index < -0.39 is 18.7 Å². The first kappa shape index (κ1) is 17.6. The Morgan fingerprint density at radius 2 is 2.00 bits per heavy atom. The zero-order valence-corrected chi connectivity index (χ0v) is 13.1. The number of hydrazone groups is 1. The van der Waals surface area contributed by atoms with E-state index in [4.69, 9.17) is 5.11 Å². The Kier molecular flexibility index (Phi) is 4.96. The van der Waals surface area contributed by atoms with Crippen LogP contribution in [0.2, 0.25) is 0 Å². The van der Waals surface area contributed by atoms with Crippen LogP contribution in [0.4, 0.5) is 18.9 Å². The Labute approximate surface area is 136 Å². The SMILES string of the molecule is Cc1cc(/C=N\Nc2ccccc2C(=O)O)c(C)n1CC(F)(F)F. The van der Waals surface area contributed by atoms with E-state index in [-0.39, 0.29) is 5.56 Å². The number of hydrogen-bond acceptors (Lipinski definition) is 3. The Hall–Kier alpha value is -2.77. The maximum Gasteiger partial charge on any atom is 0.406 e. The van der Waals surface area contributed by atoms with E-state index >= 15 is 0 Å². The number of aromatic carboxylic acids is 1. The fraction of sp³-hybridized carbons (Fsp3) is 0.250. The average molecular weight is 339 g/mol. The summed E-state index contributed by atoms with van der Waals surface area (Å²) in [5, 5.41) is 13.0. The molecule has 0 bridgehead atoms. The van der Waals surface area contributed by atoms with Crippen LogP contribution in [0.3, 0.4) is 0 Å². The summed E-state index contributed by atoms with van der Waals surface area (Å²) in [6.45, 7) is 2.10. The summed E-state index contributed by atoms with van der Waals surface area (Å²) in [6.07, 6.45) is -2.94. The first-order chi connectivity index (χ1) is 11.2. The number of halogens is 3. The highest BCUT2D eigenvalue weighted by molar-refractivity contribution is 5.94. The number of nitrogens with zero attached hydrogens (tertiary/aromatic N) is 2. The van der Waals surface area contributed by atoms with Gasteiger partial charge in [0.25, 0.3) is 0 Å².